The Labute approximate surface area is 143 Å². The Kier molecular flexibility index (Phi) is 5.08. The van der Waals surface area contributed by atoms with Crippen LogP contribution in [0.3, 0.4) is 0 Å². The van der Waals surface area contributed by atoms with Crippen LogP contribution in [0.2, 0.25) is 10.0 Å². The summed E-state index contributed by atoms with van der Waals surface area (Å²) in [6, 6.07) is 1.58. The van der Waals surface area contributed by atoms with Crippen molar-refractivity contribution in [3.05, 3.63) is 27.2 Å². The molecule has 0 aliphatic heterocycles. The molecule has 0 fully saturated rings. The largest absolute Gasteiger partial charge is 0.480 e. The van der Waals surface area contributed by atoms with Gasteiger partial charge in [0, 0.05) is 11.0 Å². The Morgan fingerprint density at radius 1 is 1.43 bits per heavy atom. The van der Waals surface area contributed by atoms with Crippen molar-refractivity contribution in [2.75, 3.05) is 13.2 Å². The molecular formula is C15H17Cl2NO5. The molecular weight excluding hydrogens is 345 g/mol. The van der Waals surface area contributed by atoms with Gasteiger partial charge in [-0.25, -0.2) is 4.79 Å². The number of rotatable bonds is 5. The fraction of sp³-hybridized carbons (Fsp3) is 0.467. The van der Waals surface area contributed by atoms with Crippen LogP contribution in [0.15, 0.2) is 11.2 Å². The summed E-state index contributed by atoms with van der Waals surface area (Å²) in [6.45, 7) is 3.04. The summed E-state index contributed by atoms with van der Waals surface area (Å²) in [4.78, 5) is 10.7. The number of aliphatic hydroxyl groups excluding tert-OH is 1. The van der Waals surface area contributed by atoms with E-state index >= 15 is 0 Å². The minimum absolute atomic E-state index is 0.0240. The van der Waals surface area contributed by atoms with Gasteiger partial charge in [0.2, 0.25) is 0 Å². The average molecular weight is 362 g/mol. The van der Waals surface area contributed by atoms with Crippen molar-refractivity contribution in [2.24, 2.45) is 16.5 Å². The summed E-state index contributed by atoms with van der Waals surface area (Å²) in [7, 11) is 0. The van der Waals surface area contributed by atoms with Crippen molar-refractivity contribution in [3.63, 3.8) is 0 Å². The number of carboxylic acids is 1. The number of benzene rings is 1. The molecule has 0 radical (unpaired) electrons. The predicted octanol–water partition coefficient (Wildman–Crippen LogP) is 2.83. The molecule has 1 aliphatic rings. The molecule has 3 N–H and O–H groups in total. The van der Waals surface area contributed by atoms with Gasteiger partial charge in [-0.3, -0.25) is 0 Å². The van der Waals surface area contributed by atoms with Crippen molar-refractivity contribution in [1.82, 2.24) is 0 Å². The van der Waals surface area contributed by atoms with E-state index in [2.05, 4.69) is 5.16 Å². The van der Waals surface area contributed by atoms with Gasteiger partial charge in [-0.05, 0) is 24.0 Å². The van der Waals surface area contributed by atoms with Crippen LogP contribution >= 0.6 is 23.2 Å². The van der Waals surface area contributed by atoms with Gasteiger partial charge in [0.1, 0.15) is 10.8 Å². The monoisotopic (exact) mass is 361 g/mol. The molecule has 1 atom stereocenters. The maximum atomic E-state index is 10.7. The van der Waals surface area contributed by atoms with Crippen molar-refractivity contribution in [3.8, 4) is 5.75 Å². The first kappa shape index (κ1) is 17.8. The number of fused-ring (bicyclic) bond motifs is 1. The summed E-state index contributed by atoms with van der Waals surface area (Å²) in [5, 5.41) is 31.6. The van der Waals surface area contributed by atoms with Crippen LogP contribution in [-0.2, 0) is 11.2 Å². The first-order valence-electron chi connectivity index (χ1n) is 6.97. The van der Waals surface area contributed by atoms with Crippen molar-refractivity contribution in [1.29, 1.82) is 0 Å². The van der Waals surface area contributed by atoms with Crippen LogP contribution in [0, 0.1) is 11.3 Å². The molecule has 1 aromatic rings. The number of halogens is 2. The van der Waals surface area contributed by atoms with Crippen LogP contribution < -0.4 is 4.74 Å². The lowest BCUT2D eigenvalue weighted by Gasteiger charge is -2.31. The van der Waals surface area contributed by atoms with Gasteiger partial charge < -0.3 is 20.2 Å². The second-order valence-electron chi connectivity index (χ2n) is 5.81. The Balaban J connectivity index is 2.57. The topological polar surface area (TPSA) is 99.4 Å². The Morgan fingerprint density at radius 3 is 2.57 bits per heavy atom. The Hall–Kier alpha value is -1.50. The molecule has 23 heavy (non-hydrogen) atoms. The lowest BCUT2D eigenvalue weighted by atomic mass is 9.74. The summed E-state index contributed by atoms with van der Waals surface area (Å²) < 4.78 is 5.15. The third kappa shape index (κ3) is 2.86. The fourth-order valence-electron chi connectivity index (χ4n) is 2.91. The van der Waals surface area contributed by atoms with Gasteiger partial charge in [-0.2, -0.15) is 0 Å². The highest BCUT2D eigenvalue weighted by molar-refractivity contribution is 6.45. The predicted molar refractivity (Wildman–Crippen MR) is 86.0 cm³/mol. The van der Waals surface area contributed by atoms with E-state index in [1.165, 1.54) is 0 Å². The number of carbonyl (C=O) groups is 1. The minimum atomic E-state index is -1.14. The van der Waals surface area contributed by atoms with Gasteiger partial charge in [0.15, 0.2) is 6.61 Å². The van der Waals surface area contributed by atoms with Gasteiger partial charge in [0.25, 0.3) is 0 Å². The van der Waals surface area contributed by atoms with E-state index in [0.29, 0.717) is 17.5 Å². The van der Waals surface area contributed by atoms with Gasteiger partial charge in [-0.15, -0.1) is 0 Å². The van der Waals surface area contributed by atoms with E-state index in [9.17, 15) is 15.1 Å². The van der Waals surface area contributed by atoms with Crippen molar-refractivity contribution >= 4 is 34.9 Å². The van der Waals surface area contributed by atoms with E-state index in [-0.39, 0.29) is 34.0 Å². The molecule has 1 unspecified atom stereocenters. The number of hydrogen-bond acceptors (Lipinski definition) is 5. The molecule has 6 nitrogen and oxygen atoms in total. The van der Waals surface area contributed by atoms with Crippen LogP contribution in [0.4, 0.5) is 0 Å². The second kappa shape index (κ2) is 6.55. The normalized spacial score (nSPS) is 21.7. The second-order valence-corrected chi connectivity index (χ2v) is 6.57. The number of carboxylic acid groups (broad SMARTS) is 1. The van der Waals surface area contributed by atoms with E-state index in [4.69, 9.17) is 33.0 Å². The molecule has 0 spiro atoms. The fourth-order valence-corrected chi connectivity index (χ4v) is 3.41. The summed E-state index contributed by atoms with van der Waals surface area (Å²) in [5.74, 6) is -1.01. The van der Waals surface area contributed by atoms with Crippen molar-refractivity contribution < 1.29 is 25.0 Å². The molecule has 2 rings (SSSR count). The molecule has 0 saturated carbocycles. The highest BCUT2D eigenvalue weighted by atomic mass is 35.5. The van der Waals surface area contributed by atoms with Crippen LogP contribution in [-0.4, -0.2) is 40.3 Å². The number of aliphatic carboxylic acids is 1. The summed E-state index contributed by atoms with van der Waals surface area (Å²) >= 11 is 12.4. The van der Waals surface area contributed by atoms with Gasteiger partial charge >= 0.3 is 5.97 Å². The highest BCUT2D eigenvalue weighted by Crippen LogP contribution is 2.49. The Bertz CT molecular complexity index is 674. The molecule has 8 heteroatoms. The number of ether oxygens (including phenoxy) is 1. The summed E-state index contributed by atoms with van der Waals surface area (Å²) in [6.07, 6.45) is 0.385. The third-order valence-electron chi connectivity index (χ3n) is 4.31. The zero-order valence-corrected chi connectivity index (χ0v) is 14.1. The van der Waals surface area contributed by atoms with E-state index < -0.39 is 18.0 Å². The number of hydrogen-bond donors (Lipinski definition) is 3. The third-order valence-corrected chi connectivity index (χ3v) is 5.16. The zero-order chi connectivity index (χ0) is 17.4. The quantitative estimate of drug-likeness (QED) is 0.553. The minimum Gasteiger partial charge on any atom is -0.480 e. The lowest BCUT2D eigenvalue weighted by Crippen LogP contribution is -2.38. The molecule has 0 saturated heterocycles. The molecule has 0 aromatic heterocycles. The molecule has 1 aliphatic carbocycles. The first-order valence-corrected chi connectivity index (χ1v) is 7.73. The standard InChI is InChI=1S/C15H17Cl2NO5/c1-7(2)15(6-19)4-8-3-9(23-5-10(20)21)12(16)13(17)11(8)14(15)18-22/h3,7,19,22H,4-6H2,1-2H3,(H,20,21)/b18-14+. The summed E-state index contributed by atoms with van der Waals surface area (Å²) in [5.41, 5.74) is 0.650. The Morgan fingerprint density at radius 2 is 2.09 bits per heavy atom. The van der Waals surface area contributed by atoms with E-state index in [1.54, 1.807) is 6.07 Å². The van der Waals surface area contributed by atoms with Crippen LogP contribution in [0.5, 0.6) is 5.75 Å². The van der Waals surface area contributed by atoms with Crippen LogP contribution in [0.1, 0.15) is 25.0 Å². The lowest BCUT2D eigenvalue weighted by molar-refractivity contribution is -0.139. The molecule has 126 valence electrons. The SMILES string of the molecule is CC(C)C1(CO)Cc2cc(OCC(=O)O)c(Cl)c(Cl)c2/C1=N\O. The molecule has 0 heterocycles. The van der Waals surface area contributed by atoms with Gasteiger partial charge in [-0.1, -0.05) is 42.2 Å². The smallest absolute Gasteiger partial charge is 0.341 e. The molecule has 0 amide bonds. The maximum Gasteiger partial charge on any atom is 0.341 e. The molecule has 1 aromatic carbocycles. The average Bonchev–Trinajstić information content (AvgIpc) is 2.84. The van der Waals surface area contributed by atoms with Crippen LogP contribution in [0.25, 0.3) is 0 Å². The molecule has 0 bridgehead atoms. The van der Waals surface area contributed by atoms with Crippen molar-refractivity contribution in [2.45, 2.75) is 20.3 Å². The van der Waals surface area contributed by atoms with E-state index in [1.807, 2.05) is 13.8 Å². The zero-order valence-electron chi connectivity index (χ0n) is 12.6. The first-order chi connectivity index (χ1) is 10.8. The number of aliphatic hydroxyl groups is 1. The number of nitrogens with zero attached hydrogens (tertiary/aromatic N) is 1. The van der Waals surface area contributed by atoms with E-state index in [0.717, 1.165) is 0 Å². The number of oxime groups is 1. The highest BCUT2D eigenvalue weighted by Gasteiger charge is 2.47. The van der Waals surface area contributed by atoms with Gasteiger partial charge in [0.05, 0.1) is 17.3 Å². The maximum absolute atomic E-state index is 10.7.